The summed E-state index contributed by atoms with van der Waals surface area (Å²) < 4.78 is 5.42. The van der Waals surface area contributed by atoms with Gasteiger partial charge in [0.05, 0.1) is 24.9 Å². The Morgan fingerprint density at radius 2 is 1.66 bits per heavy atom. The van der Waals surface area contributed by atoms with Crippen molar-refractivity contribution in [1.29, 1.82) is 0 Å². The van der Waals surface area contributed by atoms with E-state index in [1.54, 1.807) is 11.1 Å². The number of ether oxygens (including phenoxy) is 1. The van der Waals surface area contributed by atoms with Gasteiger partial charge in [-0.3, -0.25) is 9.78 Å². The quantitative estimate of drug-likeness (QED) is 0.668. The van der Waals surface area contributed by atoms with Gasteiger partial charge in [0, 0.05) is 37.6 Å². The molecule has 0 saturated carbocycles. The summed E-state index contributed by atoms with van der Waals surface area (Å²) in [6.07, 6.45) is 1.76. The molecule has 0 bridgehead atoms. The van der Waals surface area contributed by atoms with E-state index in [4.69, 9.17) is 4.74 Å². The zero-order valence-electron chi connectivity index (χ0n) is 16.6. The third-order valence-electron chi connectivity index (χ3n) is 5.28. The van der Waals surface area contributed by atoms with Crippen LogP contribution in [-0.4, -0.2) is 49.1 Å². The topological polar surface area (TPSA) is 45.7 Å². The van der Waals surface area contributed by atoms with Crippen molar-refractivity contribution in [2.24, 2.45) is 0 Å². The normalized spacial score (nSPS) is 15.0. The van der Waals surface area contributed by atoms with Gasteiger partial charge in [0.15, 0.2) is 0 Å². The fraction of sp³-hybridized carbons (Fsp3) is 0.250. The first-order valence-electron chi connectivity index (χ1n) is 9.90. The molecule has 5 heteroatoms. The molecule has 1 aliphatic rings. The van der Waals surface area contributed by atoms with E-state index in [0.717, 1.165) is 43.2 Å². The van der Waals surface area contributed by atoms with Crippen molar-refractivity contribution in [1.82, 2.24) is 9.88 Å². The molecule has 5 nitrogen and oxygen atoms in total. The summed E-state index contributed by atoms with van der Waals surface area (Å²) in [6, 6.07) is 23.4. The van der Waals surface area contributed by atoms with E-state index in [0.29, 0.717) is 5.56 Å². The zero-order chi connectivity index (χ0) is 20.1. The monoisotopic (exact) mass is 387 g/mol. The van der Waals surface area contributed by atoms with Crippen LogP contribution in [0.15, 0.2) is 79.0 Å². The Bertz CT molecular complexity index is 884. The van der Waals surface area contributed by atoms with Crippen LogP contribution < -0.4 is 4.90 Å². The van der Waals surface area contributed by atoms with Crippen LogP contribution in [0.3, 0.4) is 0 Å². The minimum Gasteiger partial charge on any atom is -0.378 e. The number of amides is 1. The maximum absolute atomic E-state index is 13.3. The van der Waals surface area contributed by atoms with Gasteiger partial charge in [-0.15, -0.1) is 0 Å². The summed E-state index contributed by atoms with van der Waals surface area (Å²) in [4.78, 5) is 21.8. The van der Waals surface area contributed by atoms with Crippen molar-refractivity contribution >= 4 is 11.6 Å². The molecule has 0 aliphatic carbocycles. The fourth-order valence-electron chi connectivity index (χ4n) is 3.72. The van der Waals surface area contributed by atoms with E-state index in [1.807, 2.05) is 79.8 Å². The zero-order valence-corrected chi connectivity index (χ0v) is 16.6. The van der Waals surface area contributed by atoms with E-state index in [2.05, 4.69) is 9.88 Å². The van der Waals surface area contributed by atoms with E-state index in [-0.39, 0.29) is 11.9 Å². The van der Waals surface area contributed by atoms with E-state index in [9.17, 15) is 4.79 Å². The van der Waals surface area contributed by atoms with Crippen molar-refractivity contribution in [2.75, 3.05) is 38.3 Å². The lowest BCUT2D eigenvalue weighted by molar-refractivity contribution is 0.0752. The summed E-state index contributed by atoms with van der Waals surface area (Å²) in [5.41, 5.74) is 3.67. The molecule has 1 saturated heterocycles. The van der Waals surface area contributed by atoms with Crippen LogP contribution in [0.4, 0.5) is 5.69 Å². The second-order valence-corrected chi connectivity index (χ2v) is 7.13. The number of hydrogen-bond acceptors (Lipinski definition) is 4. The molecule has 1 aromatic heterocycles. The molecule has 0 spiro atoms. The number of benzene rings is 2. The number of pyridine rings is 1. The van der Waals surface area contributed by atoms with E-state index >= 15 is 0 Å². The second-order valence-electron chi connectivity index (χ2n) is 7.13. The lowest BCUT2D eigenvalue weighted by Crippen LogP contribution is -2.36. The van der Waals surface area contributed by atoms with Crippen LogP contribution in [0, 0.1) is 0 Å². The van der Waals surface area contributed by atoms with Gasteiger partial charge in [0.2, 0.25) is 0 Å². The molecule has 148 valence electrons. The number of hydrogen-bond donors (Lipinski definition) is 0. The first-order valence-corrected chi connectivity index (χ1v) is 9.90. The lowest BCUT2D eigenvalue weighted by Gasteiger charge is -2.30. The number of nitrogens with zero attached hydrogens (tertiary/aromatic N) is 3. The predicted molar refractivity (Wildman–Crippen MR) is 114 cm³/mol. The van der Waals surface area contributed by atoms with Crippen molar-refractivity contribution in [2.45, 2.75) is 6.04 Å². The average molecular weight is 387 g/mol. The van der Waals surface area contributed by atoms with Crippen LogP contribution in [0.25, 0.3) is 0 Å². The van der Waals surface area contributed by atoms with Gasteiger partial charge < -0.3 is 14.5 Å². The van der Waals surface area contributed by atoms with Crippen molar-refractivity contribution in [3.63, 3.8) is 0 Å². The molecule has 2 heterocycles. The standard InChI is InChI=1S/C24H25N3O2/c1-26(23(19-7-3-2-4-8-19)22-9-5-6-14-25-22)24(28)20-10-12-21(13-11-20)27-15-17-29-18-16-27/h2-14,23H,15-18H2,1H3. The minimum absolute atomic E-state index is 0.0296. The molecular formula is C24H25N3O2. The number of carbonyl (C=O) groups excluding carboxylic acids is 1. The van der Waals surface area contributed by atoms with Crippen molar-refractivity contribution in [3.8, 4) is 0 Å². The van der Waals surface area contributed by atoms with Gasteiger partial charge in [-0.2, -0.15) is 0 Å². The number of morpholine rings is 1. The van der Waals surface area contributed by atoms with Crippen molar-refractivity contribution < 1.29 is 9.53 Å². The Kier molecular flexibility index (Phi) is 5.86. The third-order valence-corrected chi connectivity index (χ3v) is 5.28. The molecule has 2 aromatic carbocycles. The molecule has 4 rings (SSSR count). The van der Waals surface area contributed by atoms with Gasteiger partial charge >= 0.3 is 0 Å². The highest BCUT2D eigenvalue weighted by molar-refractivity contribution is 5.95. The van der Waals surface area contributed by atoms with Gasteiger partial charge in [0.25, 0.3) is 5.91 Å². The SMILES string of the molecule is CN(C(=O)c1ccc(N2CCOCC2)cc1)C(c1ccccc1)c1ccccn1. The van der Waals surface area contributed by atoms with Crippen LogP contribution in [0.1, 0.15) is 27.7 Å². The van der Waals surface area contributed by atoms with Crippen LogP contribution >= 0.6 is 0 Å². The summed E-state index contributed by atoms with van der Waals surface area (Å²) in [7, 11) is 1.84. The Morgan fingerprint density at radius 3 is 2.31 bits per heavy atom. The molecule has 1 atom stereocenters. The van der Waals surface area contributed by atoms with E-state index in [1.165, 1.54) is 0 Å². The first kappa shape index (κ1) is 19.2. The molecule has 3 aromatic rings. The maximum Gasteiger partial charge on any atom is 0.254 e. The highest BCUT2D eigenvalue weighted by Crippen LogP contribution is 2.28. The number of anilines is 1. The fourth-order valence-corrected chi connectivity index (χ4v) is 3.72. The number of rotatable bonds is 5. The number of aromatic nitrogens is 1. The molecule has 29 heavy (non-hydrogen) atoms. The summed E-state index contributed by atoms with van der Waals surface area (Å²) >= 11 is 0. The first-order chi connectivity index (χ1) is 14.2. The van der Waals surface area contributed by atoms with Crippen LogP contribution in [0.2, 0.25) is 0 Å². The lowest BCUT2D eigenvalue weighted by atomic mass is 10.0. The molecule has 1 amide bonds. The smallest absolute Gasteiger partial charge is 0.254 e. The molecule has 0 radical (unpaired) electrons. The van der Waals surface area contributed by atoms with Crippen molar-refractivity contribution in [3.05, 3.63) is 95.8 Å². The minimum atomic E-state index is -0.246. The Morgan fingerprint density at radius 1 is 0.966 bits per heavy atom. The highest BCUT2D eigenvalue weighted by atomic mass is 16.5. The molecule has 0 N–H and O–H groups in total. The molecule has 1 aliphatic heterocycles. The Labute approximate surface area is 171 Å². The van der Waals surface area contributed by atoms with Crippen LogP contribution in [0.5, 0.6) is 0 Å². The largest absolute Gasteiger partial charge is 0.378 e. The van der Waals surface area contributed by atoms with Gasteiger partial charge in [-0.05, 0) is 42.0 Å². The Hall–Kier alpha value is -3.18. The molecule has 1 fully saturated rings. The maximum atomic E-state index is 13.3. The summed E-state index contributed by atoms with van der Waals surface area (Å²) in [6.45, 7) is 3.24. The Balaban J connectivity index is 1.59. The van der Waals surface area contributed by atoms with Gasteiger partial charge in [-0.1, -0.05) is 36.4 Å². The summed E-state index contributed by atoms with van der Waals surface area (Å²) in [5.74, 6) is -0.0296. The molecule has 1 unspecified atom stereocenters. The predicted octanol–water partition coefficient (Wildman–Crippen LogP) is 3.78. The van der Waals surface area contributed by atoms with Gasteiger partial charge in [-0.25, -0.2) is 0 Å². The van der Waals surface area contributed by atoms with Crippen LogP contribution in [-0.2, 0) is 4.74 Å². The highest BCUT2D eigenvalue weighted by Gasteiger charge is 2.25. The second kappa shape index (κ2) is 8.88. The summed E-state index contributed by atoms with van der Waals surface area (Å²) in [5, 5.41) is 0. The molecular weight excluding hydrogens is 362 g/mol. The number of carbonyl (C=O) groups is 1. The van der Waals surface area contributed by atoms with Gasteiger partial charge in [0.1, 0.15) is 0 Å². The van der Waals surface area contributed by atoms with E-state index < -0.39 is 0 Å². The third kappa shape index (κ3) is 4.30. The average Bonchev–Trinajstić information content (AvgIpc) is 2.81.